The fraction of sp³-hybridized carbons (Fsp3) is 0.562. The number of rotatable bonds is 3. The summed E-state index contributed by atoms with van der Waals surface area (Å²) in [6.45, 7) is 4.03. The Hall–Kier alpha value is -1.21. The molecule has 1 aromatic carbocycles. The predicted molar refractivity (Wildman–Crippen MR) is 94.1 cm³/mol. The fourth-order valence-electron chi connectivity index (χ4n) is 3.54. The van der Waals surface area contributed by atoms with Gasteiger partial charge in [0.15, 0.2) is 5.75 Å². The summed E-state index contributed by atoms with van der Waals surface area (Å²) < 4.78 is 0. The molecule has 1 saturated heterocycles. The second-order valence-corrected chi connectivity index (χ2v) is 6.65. The van der Waals surface area contributed by atoms with Gasteiger partial charge in [-0.25, -0.2) is 0 Å². The van der Waals surface area contributed by atoms with E-state index in [1.807, 2.05) is 0 Å². The van der Waals surface area contributed by atoms with Gasteiger partial charge < -0.3 is 21.0 Å². The number of anilines is 1. The average molecular weight is 377 g/mol. The highest BCUT2D eigenvalue weighted by Crippen LogP contribution is 2.47. The fourth-order valence-corrected chi connectivity index (χ4v) is 3.74. The van der Waals surface area contributed by atoms with E-state index in [-0.39, 0.29) is 36.4 Å². The number of halogens is 2. The molecule has 0 saturated carbocycles. The normalized spacial score (nSPS) is 22.0. The molecule has 2 atom stereocenters. The van der Waals surface area contributed by atoms with Crippen molar-refractivity contribution in [1.29, 1.82) is 0 Å². The van der Waals surface area contributed by atoms with Gasteiger partial charge in [0.25, 0.3) is 0 Å². The molecule has 6 nitrogen and oxygen atoms in total. The first-order valence-electron chi connectivity index (χ1n) is 7.85. The number of hydrogen-bond donors (Lipinski definition) is 3. The number of carboxylic acid groups (broad SMARTS) is 1. The van der Waals surface area contributed by atoms with Crippen LogP contribution in [0.2, 0.25) is 5.02 Å². The quantitative estimate of drug-likeness (QED) is 0.554. The lowest BCUT2D eigenvalue weighted by atomic mass is 9.77. The molecule has 3 rings (SSSR count). The van der Waals surface area contributed by atoms with Gasteiger partial charge in [-0.15, -0.1) is 12.4 Å². The minimum absolute atomic E-state index is 0. The largest absolute Gasteiger partial charge is 0.481 e. The third-order valence-corrected chi connectivity index (χ3v) is 5.26. The number of carboxylic acids is 1. The number of benzene rings is 1. The van der Waals surface area contributed by atoms with Crippen molar-refractivity contribution in [3.05, 3.63) is 22.2 Å². The molecule has 2 unspecified atom stereocenters. The SMILES string of the molecule is CC(c1cc(Cl)c(N)c2c1C(C(=O)O)COO2)C1CCNCC1.Cl. The van der Waals surface area contributed by atoms with Crippen LogP contribution in [0.25, 0.3) is 0 Å². The van der Waals surface area contributed by atoms with Crippen molar-refractivity contribution in [1.82, 2.24) is 5.32 Å². The van der Waals surface area contributed by atoms with Crippen LogP contribution in [0.3, 0.4) is 0 Å². The Labute approximate surface area is 152 Å². The Morgan fingerprint density at radius 2 is 2.12 bits per heavy atom. The summed E-state index contributed by atoms with van der Waals surface area (Å²) in [5, 5.41) is 13.3. The molecule has 0 radical (unpaired) electrons. The van der Waals surface area contributed by atoms with Crippen molar-refractivity contribution in [2.45, 2.75) is 31.6 Å². The molecule has 24 heavy (non-hydrogen) atoms. The summed E-state index contributed by atoms with van der Waals surface area (Å²) in [6.07, 6.45) is 2.10. The van der Waals surface area contributed by atoms with Crippen LogP contribution >= 0.6 is 24.0 Å². The Bertz CT molecular complexity index is 621. The number of aliphatic carboxylic acids is 1. The molecule has 4 N–H and O–H groups in total. The van der Waals surface area contributed by atoms with Crippen LogP contribution < -0.4 is 15.9 Å². The van der Waals surface area contributed by atoms with Crippen LogP contribution in [-0.4, -0.2) is 30.8 Å². The van der Waals surface area contributed by atoms with Gasteiger partial charge >= 0.3 is 5.97 Å². The number of hydrogen-bond acceptors (Lipinski definition) is 5. The van der Waals surface area contributed by atoms with Crippen molar-refractivity contribution in [2.75, 3.05) is 25.4 Å². The zero-order valence-electron chi connectivity index (χ0n) is 13.4. The van der Waals surface area contributed by atoms with Crippen molar-refractivity contribution >= 4 is 35.7 Å². The first-order valence-corrected chi connectivity index (χ1v) is 8.23. The zero-order chi connectivity index (χ0) is 16.6. The number of piperidine rings is 1. The van der Waals surface area contributed by atoms with E-state index in [2.05, 4.69) is 12.2 Å². The molecule has 0 aliphatic carbocycles. The van der Waals surface area contributed by atoms with E-state index in [9.17, 15) is 9.90 Å². The van der Waals surface area contributed by atoms with E-state index < -0.39 is 11.9 Å². The van der Waals surface area contributed by atoms with Gasteiger partial charge in [0.1, 0.15) is 12.5 Å². The standard InChI is InChI=1S/C16H21ClN2O4.ClH/c1-8(9-2-4-19-5-3-9)10-6-12(17)14(18)15-13(10)11(16(20)21)7-22-23-15;/h6,8-9,11,19H,2-5,7,18H2,1H3,(H,20,21);1H. The molecule has 0 amide bonds. The second-order valence-electron chi connectivity index (χ2n) is 6.24. The topological polar surface area (TPSA) is 93.8 Å². The van der Waals surface area contributed by atoms with E-state index in [1.165, 1.54) is 0 Å². The summed E-state index contributed by atoms with van der Waals surface area (Å²) in [7, 11) is 0. The Morgan fingerprint density at radius 1 is 1.46 bits per heavy atom. The van der Waals surface area contributed by atoms with Gasteiger partial charge in [-0.1, -0.05) is 18.5 Å². The van der Waals surface area contributed by atoms with Crippen LogP contribution in [-0.2, 0) is 9.68 Å². The summed E-state index contributed by atoms with van der Waals surface area (Å²) in [4.78, 5) is 21.8. The number of nitrogens with two attached hydrogens (primary N) is 1. The molecule has 8 heteroatoms. The van der Waals surface area contributed by atoms with Gasteiger partial charge in [0, 0.05) is 5.56 Å². The van der Waals surface area contributed by atoms with Crippen molar-refractivity contribution in [2.24, 2.45) is 5.92 Å². The molecule has 2 aliphatic heterocycles. The van der Waals surface area contributed by atoms with Gasteiger partial charge in [0.05, 0.1) is 10.7 Å². The maximum Gasteiger partial charge on any atom is 0.313 e. The summed E-state index contributed by atoms with van der Waals surface area (Å²) in [6, 6.07) is 1.80. The van der Waals surface area contributed by atoms with E-state index in [1.54, 1.807) is 6.07 Å². The molecule has 0 bridgehead atoms. The second kappa shape index (κ2) is 7.78. The van der Waals surface area contributed by atoms with E-state index in [0.29, 0.717) is 16.5 Å². The zero-order valence-corrected chi connectivity index (χ0v) is 15.0. The minimum atomic E-state index is -0.949. The van der Waals surface area contributed by atoms with Crippen LogP contribution in [0, 0.1) is 5.92 Å². The van der Waals surface area contributed by atoms with Gasteiger partial charge in [0.2, 0.25) is 0 Å². The molecular formula is C16H22Cl2N2O4. The molecule has 1 fully saturated rings. The number of nitrogens with one attached hydrogen (secondary N) is 1. The lowest BCUT2D eigenvalue weighted by Gasteiger charge is -2.33. The molecule has 2 heterocycles. The Kier molecular flexibility index (Phi) is 6.20. The average Bonchev–Trinajstić information content (AvgIpc) is 2.57. The monoisotopic (exact) mass is 376 g/mol. The highest BCUT2D eigenvalue weighted by Gasteiger charge is 2.36. The van der Waals surface area contributed by atoms with Gasteiger partial charge in [-0.3, -0.25) is 4.79 Å². The highest BCUT2D eigenvalue weighted by atomic mass is 35.5. The molecule has 1 aromatic rings. The molecular weight excluding hydrogens is 355 g/mol. The summed E-state index contributed by atoms with van der Waals surface area (Å²) in [5.74, 6) is -0.843. The maximum atomic E-state index is 11.6. The minimum Gasteiger partial charge on any atom is -0.481 e. The van der Waals surface area contributed by atoms with Gasteiger partial charge in [-0.05, 0) is 49.4 Å². The van der Waals surface area contributed by atoms with Crippen molar-refractivity contribution in [3.8, 4) is 5.75 Å². The first-order chi connectivity index (χ1) is 11.0. The van der Waals surface area contributed by atoms with Crippen molar-refractivity contribution < 1.29 is 19.7 Å². The van der Waals surface area contributed by atoms with Crippen LogP contribution in [0.1, 0.15) is 42.7 Å². The smallest absolute Gasteiger partial charge is 0.313 e. The maximum absolute atomic E-state index is 11.6. The molecule has 0 spiro atoms. The first kappa shape index (κ1) is 19.1. The van der Waals surface area contributed by atoms with E-state index in [4.69, 9.17) is 27.1 Å². The third-order valence-electron chi connectivity index (χ3n) is 4.94. The Morgan fingerprint density at radius 3 is 2.75 bits per heavy atom. The third kappa shape index (κ3) is 3.42. The van der Waals surface area contributed by atoms with Crippen LogP contribution in [0.4, 0.5) is 5.69 Å². The highest BCUT2D eigenvalue weighted by molar-refractivity contribution is 6.33. The predicted octanol–water partition coefficient (Wildman–Crippen LogP) is 2.94. The van der Waals surface area contributed by atoms with E-state index >= 15 is 0 Å². The summed E-state index contributed by atoms with van der Waals surface area (Å²) >= 11 is 6.24. The lowest BCUT2D eigenvalue weighted by Crippen LogP contribution is -2.32. The lowest BCUT2D eigenvalue weighted by molar-refractivity contribution is -0.223. The number of fused-ring (bicyclic) bond motifs is 1. The molecule has 2 aliphatic rings. The Balaban J connectivity index is 0.00000208. The molecule has 134 valence electrons. The van der Waals surface area contributed by atoms with E-state index in [0.717, 1.165) is 31.5 Å². The van der Waals surface area contributed by atoms with Gasteiger partial charge in [-0.2, -0.15) is 4.89 Å². The summed E-state index contributed by atoms with van der Waals surface area (Å²) in [5.41, 5.74) is 7.72. The number of carbonyl (C=O) groups is 1. The number of nitrogen functional groups attached to an aromatic ring is 1. The van der Waals surface area contributed by atoms with Crippen LogP contribution in [0.15, 0.2) is 6.07 Å². The van der Waals surface area contributed by atoms with Crippen molar-refractivity contribution in [3.63, 3.8) is 0 Å². The van der Waals surface area contributed by atoms with Crippen LogP contribution in [0.5, 0.6) is 5.75 Å². The molecule has 0 aromatic heterocycles.